The average molecular weight is 186 g/mol. The lowest BCUT2D eigenvalue weighted by atomic mass is 9.94. The Hall–Kier alpha value is -1.30. The van der Waals surface area contributed by atoms with Gasteiger partial charge >= 0.3 is 0 Å². The fourth-order valence-electron chi connectivity index (χ4n) is 1.60. The van der Waals surface area contributed by atoms with Gasteiger partial charge < -0.3 is 0 Å². The number of allylic oxidation sites excluding steroid dienone is 3. The van der Waals surface area contributed by atoms with Gasteiger partial charge in [0.2, 0.25) is 0 Å². The molecule has 1 aromatic carbocycles. The van der Waals surface area contributed by atoms with Gasteiger partial charge in [0.05, 0.1) is 0 Å². The highest BCUT2D eigenvalue weighted by atomic mass is 14.1. The zero-order valence-corrected chi connectivity index (χ0v) is 8.82. The van der Waals surface area contributed by atoms with Crippen molar-refractivity contribution in [3.8, 4) is 0 Å². The van der Waals surface area contributed by atoms with Gasteiger partial charge in [-0.05, 0) is 12.0 Å². The second-order valence-electron chi connectivity index (χ2n) is 3.43. The van der Waals surface area contributed by atoms with E-state index in [1.54, 1.807) is 0 Å². The molecule has 14 heavy (non-hydrogen) atoms. The van der Waals surface area contributed by atoms with Gasteiger partial charge in [-0.25, -0.2) is 0 Å². The molecule has 74 valence electrons. The topological polar surface area (TPSA) is 0 Å². The minimum absolute atomic E-state index is 0.541. The first-order chi connectivity index (χ1) is 6.88. The van der Waals surface area contributed by atoms with E-state index in [9.17, 15) is 0 Å². The summed E-state index contributed by atoms with van der Waals surface area (Å²) in [5, 5.41) is 0. The van der Waals surface area contributed by atoms with Crippen molar-refractivity contribution in [3.63, 3.8) is 0 Å². The van der Waals surface area contributed by atoms with E-state index in [2.05, 4.69) is 49.9 Å². The third kappa shape index (κ3) is 3.21. The van der Waals surface area contributed by atoms with Crippen LogP contribution in [0.1, 0.15) is 31.2 Å². The molecule has 0 spiro atoms. The van der Waals surface area contributed by atoms with Gasteiger partial charge in [-0.1, -0.05) is 68.5 Å². The Balaban J connectivity index is 2.77. The number of hydrogen-bond acceptors (Lipinski definition) is 0. The van der Waals surface area contributed by atoms with Gasteiger partial charge in [-0.3, -0.25) is 0 Å². The molecule has 0 saturated heterocycles. The van der Waals surface area contributed by atoms with E-state index < -0.39 is 0 Å². The van der Waals surface area contributed by atoms with E-state index >= 15 is 0 Å². The lowest BCUT2D eigenvalue weighted by molar-refractivity contribution is 0.717. The third-order valence-corrected chi connectivity index (χ3v) is 2.31. The van der Waals surface area contributed by atoms with Crippen LogP contribution in [0.3, 0.4) is 0 Å². The minimum atomic E-state index is 0.541. The van der Waals surface area contributed by atoms with Crippen LogP contribution in [-0.2, 0) is 0 Å². The SMILES string of the molecule is C=C/C=C\C(CCC)c1ccccc1. The quantitative estimate of drug-likeness (QED) is 0.601. The lowest BCUT2D eigenvalue weighted by Crippen LogP contribution is -1.93. The predicted molar refractivity (Wildman–Crippen MR) is 63.4 cm³/mol. The summed E-state index contributed by atoms with van der Waals surface area (Å²) in [6.45, 7) is 5.92. The molecule has 0 amide bonds. The maximum atomic E-state index is 3.70. The van der Waals surface area contributed by atoms with E-state index in [1.165, 1.54) is 18.4 Å². The average Bonchev–Trinajstić information content (AvgIpc) is 2.25. The highest BCUT2D eigenvalue weighted by Crippen LogP contribution is 2.22. The molecule has 0 aliphatic rings. The molecular weight excluding hydrogens is 168 g/mol. The first-order valence-corrected chi connectivity index (χ1v) is 5.22. The van der Waals surface area contributed by atoms with Crippen LogP contribution in [0.15, 0.2) is 55.1 Å². The Morgan fingerprint density at radius 1 is 1.29 bits per heavy atom. The van der Waals surface area contributed by atoms with Crippen LogP contribution in [0.2, 0.25) is 0 Å². The van der Waals surface area contributed by atoms with Crippen molar-refractivity contribution in [1.29, 1.82) is 0 Å². The summed E-state index contributed by atoms with van der Waals surface area (Å²) >= 11 is 0. The first-order valence-electron chi connectivity index (χ1n) is 5.22. The van der Waals surface area contributed by atoms with Crippen molar-refractivity contribution in [2.24, 2.45) is 0 Å². The van der Waals surface area contributed by atoms with E-state index in [0.29, 0.717) is 5.92 Å². The van der Waals surface area contributed by atoms with Crippen LogP contribution in [0, 0.1) is 0 Å². The van der Waals surface area contributed by atoms with Crippen molar-refractivity contribution < 1.29 is 0 Å². The van der Waals surface area contributed by atoms with Crippen molar-refractivity contribution >= 4 is 0 Å². The van der Waals surface area contributed by atoms with Crippen LogP contribution in [0.5, 0.6) is 0 Å². The lowest BCUT2D eigenvalue weighted by Gasteiger charge is -2.11. The molecule has 0 N–H and O–H groups in total. The Bertz CT molecular complexity index is 282. The van der Waals surface area contributed by atoms with E-state index in [0.717, 1.165) is 0 Å². The Kier molecular flexibility index (Phi) is 4.77. The fraction of sp³-hybridized carbons (Fsp3) is 0.286. The first kappa shape index (κ1) is 10.8. The van der Waals surface area contributed by atoms with Crippen molar-refractivity contribution in [2.45, 2.75) is 25.7 Å². The maximum Gasteiger partial charge on any atom is 0.00209 e. The molecule has 0 bridgehead atoms. The number of benzene rings is 1. The number of rotatable bonds is 5. The number of hydrogen-bond donors (Lipinski definition) is 0. The molecule has 0 fully saturated rings. The highest BCUT2D eigenvalue weighted by Gasteiger charge is 2.04. The van der Waals surface area contributed by atoms with Crippen LogP contribution in [0.4, 0.5) is 0 Å². The van der Waals surface area contributed by atoms with Gasteiger partial charge in [0, 0.05) is 5.92 Å². The van der Waals surface area contributed by atoms with Crippen molar-refractivity contribution in [1.82, 2.24) is 0 Å². The molecule has 0 aromatic heterocycles. The second-order valence-corrected chi connectivity index (χ2v) is 3.43. The van der Waals surface area contributed by atoms with Crippen LogP contribution in [0.25, 0.3) is 0 Å². The minimum Gasteiger partial charge on any atom is -0.0991 e. The molecule has 0 nitrogen and oxygen atoms in total. The van der Waals surface area contributed by atoms with Gasteiger partial charge in [-0.2, -0.15) is 0 Å². The molecule has 1 atom stereocenters. The Morgan fingerprint density at radius 2 is 2.00 bits per heavy atom. The second kappa shape index (κ2) is 6.20. The smallest absolute Gasteiger partial charge is 0.00209 e. The van der Waals surface area contributed by atoms with Crippen LogP contribution < -0.4 is 0 Å². The molecule has 1 unspecified atom stereocenters. The van der Waals surface area contributed by atoms with Crippen LogP contribution in [-0.4, -0.2) is 0 Å². The van der Waals surface area contributed by atoms with Gasteiger partial charge in [0.25, 0.3) is 0 Å². The highest BCUT2D eigenvalue weighted by molar-refractivity contribution is 5.24. The molecule has 0 radical (unpaired) electrons. The Morgan fingerprint density at radius 3 is 2.57 bits per heavy atom. The molecule has 0 aliphatic heterocycles. The summed E-state index contributed by atoms with van der Waals surface area (Å²) in [4.78, 5) is 0. The van der Waals surface area contributed by atoms with Gasteiger partial charge in [0.1, 0.15) is 0 Å². The zero-order chi connectivity index (χ0) is 10.2. The molecular formula is C14H18. The van der Waals surface area contributed by atoms with E-state index in [4.69, 9.17) is 0 Å². The largest absolute Gasteiger partial charge is 0.0991 e. The third-order valence-electron chi connectivity index (χ3n) is 2.31. The summed E-state index contributed by atoms with van der Waals surface area (Å²) in [6, 6.07) is 10.6. The molecule has 0 saturated carbocycles. The van der Waals surface area contributed by atoms with E-state index in [-0.39, 0.29) is 0 Å². The van der Waals surface area contributed by atoms with Crippen molar-refractivity contribution in [2.75, 3.05) is 0 Å². The van der Waals surface area contributed by atoms with Gasteiger partial charge in [0.15, 0.2) is 0 Å². The standard InChI is InChI=1S/C14H18/c1-3-5-10-13(9-4-2)14-11-7-6-8-12-14/h3,5-8,10-13H,1,4,9H2,2H3/b10-5-. The molecule has 0 heterocycles. The fourth-order valence-corrected chi connectivity index (χ4v) is 1.60. The van der Waals surface area contributed by atoms with E-state index in [1.807, 2.05) is 12.2 Å². The summed E-state index contributed by atoms with van der Waals surface area (Å²) in [5.74, 6) is 0.541. The normalized spacial score (nSPS) is 12.9. The van der Waals surface area contributed by atoms with Crippen LogP contribution >= 0.6 is 0 Å². The monoisotopic (exact) mass is 186 g/mol. The summed E-state index contributed by atoms with van der Waals surface area (Å²) < 4.78 is 0. The Labute approximate surface area is 87.0 Å². The molecule has 1 rings (SSSR count). The predicted octanol–water partition coefficient (Wildman–Crippen LogP) is 4.31. The summed E-state index contributed by atoms with van der Waals surface area (Å²) in [6.07, 6.45) is 8.51. The zero-order valence-electron chi connectivity index (χ0n) is 8.82. The summed E-state index contributed by atoms with van der Waals surface area (Å²) in [7, 11) is 0. The summed E-state index contributed by atoms with van der Waals surface area (Å²) in [5.41, 5.74) is 1.40. The van der Waals surface area contributed by atoms with Gasteiger partial charge in [-0.15, -0.1) is 0 Å². The molecule has 1 aromatic rings. The van der Waals surface area contributed by atoms with Crippen molar-refractivity contribution in [3.05, 3.63) is 60.7 Å². The molecule has 0 heteroatoms. The molecule has 0 aliphatic carbocycles. The maximum absolute atomic E-state index is 3.70.